The maximum absolute atomic E-state index is 11.7. The van der Waals surface area contributed by atoms with E-state index >= 15 is 0 Å². The van der Waals surface area contributed by atoms with E-state index in [2.05, 4.69) is 29.1 Å². The largest absolute Gasteiger partial charge is 0.372 e. The summed E-state index contributed by atoms with van der Waals surface area (Å²) in [5.74, 6) is 0.579. The second-order valence-electron chi connectivity index (χ2n) is 4.31. The van der Waals surface area contributed by atoms with Gasteiger partial charge in [-0.3, -0.25) is 4.79 Å². The number of aromatic nitrogens is 2. The van der Waals surface area contributed by atoms with E-state index < -0.39 is 0 Å². The van der Waals surface area contributed by atoms with Crippen LogP contribution in [0.5, 0.6) is 0 Å². The molecule has 0 aliphatic rings. The monoisotopic (exact) mass is 267 g/mol. The van der Waals surface area contributed by atoms with Gasteiger partial charge in [0.05, 0.1) is 12.1 Å². The van der Waals surface area contributed by atoms with Gasteiger partial charge >= 0.3 is 0 Å². The summed E-state index contributed by atoms with van der Waals surface area (Å²) in [7, 11) is 0. The molecule has 0 saturated carbocycles. The Balaban J connectivity index is 1.90. The maximum atomic E-state index is 11.7. The van der Waals surface area contributed by atoms with E-state index in [9.17, 15) is 4.79 Å². The fourth-order valence-corrected chi connectivity index (χ4v) is 2.30. The Morgan fingerprint density at radius 2 is 2.39 bits per heavy atom. The molecule has 0 spiro atoms. The number of H-pyrrole nitrogens is 1. The van der Waals surface area contributed by atoms with Gasteiger partial charge in [0.25, 0.3) is 5.56 Å². The van der Waals surface area contributed by atoms with Gasteiger partial charge in [0.1, 0.15) is 17.1 Å². The molecule has 6 heteroatoms. The smallest absolute Gasteiger partial charge is 0.268 e. The van der Waals surface area contributed by atoms with Crippen molar-refractivity contribution in [1.29, 1.82) is 0 Å². The molecule has 0 aromatic carbocycles. The zero-order chi connectivity index (χ0) is 13.0. The lowest BCUT2D eigenvalue weighted by atomic mass is 10.4. The summed E-state index contributed by atoms with van der Waals surface area (Å²) < 4.78 is 6.13. The Morgan fingerprint density at radius 3 is 3.17 bits per heavy atom. The van der Waals surface area contributed by atoms with E-state index in [4.69, 9.17) is 4.74 Å². The van der Waals surface area contributed by atoms with Gasteiger partial charge in [0.15, 0.2) is 0 Å². The standard InChI is InChI=1S/C12H17N3O2S/c1-8(2)13-4-5-17-7-10-14-9-3-6-18-11(9)12(16)15-10/h3,6,8,13H,4-5,7H2,1-2H3,(H,14,15,16). The highest BCUT2D eigenvalue weighted by atomic mass is 32.1. The number of hydrogen-bond acceptors (Lipinski definition) is 5. The molecule has 0 amide bonds. The summed E-state index contributed by atoms with van der Waals surface area (Å²) >= 11 is 1.40. The summed E-state index contributed by atoms with van der Waals surface area (Å²) in [5, 5.41) is 5.12. The molecular weight excluding hydrogens is 250 g/mol. The van der Waals surface area contributed by atoms with Crippen LogP contribution in [0.3, 0.4) is 0 Å². The van der Waals surface area contributed by atoms with E-state index in [1.807, 2.05) is 11.4 Å². The predicted octanol–water partition coefficient (Wildman–Crippen LogP) is 1.50. The van der Waals surface area contributed by atoms with Gasteiger partial charge in [0.2, 0.25) is 0 Å². The first kappa shape index (κ1) is 13.2. The molecule has 0 atom stereocenters. The number of thiophene rings is 1. The summed E-state index contributed by atoms with van der Waals surface area (Å²) in [6, 6.07) is 2.30. The highest BCUT2D eigenvalue weighted by Gasteiger charge is 2.04. The first-order valence-corrected chi connectivity index (χ1v) is 6.82. The quantitative estimate of drug-likeness (QED) is 0.778. The van der Waals surface area contributed by atoms with Gasteiger partial charge in [-0.05, 0) is 11.4 Å². The third kappa shape index (κ3) is 3.38. The van der Waals surface area contributed by atoms with Crippen LogP contribution in [-0.2, 0) is 11.3 Å². The minimum absolute atomic E-state index is 0.0890. The lowest BCUT2D eigenvalue weighted by molar-refractivity contribution is 0.116. The van der Waals surface area contributed by atoms with Crippen molar-refractivity contribution in [3.63, 3.8) is 0 Å². The molecule has 0 aliphatic heterocycles. The van der Waals surface area contributed by atoms with Crippen molar-refractivity contribution in [2.75, 3.05) is 13.2 Å². The molecule has 2 rings (SSSR count). The molecule has 2 aromatic heterocycles. The van der Waals surface area contributed by atoms with Gasteiger partial charge in [0, 0.05) is 12.6 Å². The van der Waals surface area contributed by atoms with Crippen LogP contribution in [0.25, 0.3) is 10.2 Å². The Labute approximate surface area is 109 Å². The lowest BCUT2D eigenvalue weighted by Crippen LogP contribution is -2.26. The number of hydrogen-bond donors (Lipinski definition) is 2. The van der Waals surface area contributed by atoms with Crippen molar-refractivity contribution in [2.45, 2.75) is 26.5 Å². The number of ether oxygens (including phenoxy) is 1. The molecule has 5 nitrogen and oxygen atoms in total. The molecule has 0 bridgehead atoms. The summed E-state index contributed by atoms with van der Waals surface area (Å²) in [5.41, 5.74) is 0.650. The number of fused-ring (bicyclic) bond motifs is 1. The van der Waals surface area contributed by atoms with E-state index in [0.29, 0.717) is 29.8 Å². The molecule has 0 fully saturated rings. The fraction of sp³-hybridized carbons (Fsp3) is 0.500. The van der Waals surface area contributed by atoms with Gasteiger partial charge in [-0.2, -0.15) is 0 Å². The van der Waals surface area contributed by atoms with Crippen LogP contribution >= 0.6 is 11.3 Å². The predicted molar refractivity (Wildman–Crippen MR) is 73.0 cm³/mol. The van der Waals surface area contributed by atoms with Crippen LogP contribution in [0.15, 0.2) is 16.2 Å². The van der Waals surface area contributed by atoms with Crippen LogP contribution < -0.4 is 10.9 Å². The summed E-state index contributed by atoms with van der Waals surface area (Å²) in [6.07, 6.45) is 0. The molecule has 0 saturated heterocycles. The topological polar surface area (TPSA) is 67.0 Å². The molecular formula is C12H17N3O2S. The van der Waals surface area contributed by atoms with Crippen LogP contribution in [-0.4, -0.2) is 29.2 Å². The minimum Gasteiger partial charge on any atom is -0.372 e. The zero-order valence-corrected chi connectivity index (χ0v) is 11.3. The van der Waals surface area contributed by atoms with Crippen LogP contribution in [0.4, 0.5) is 0 Å². The number of rotatable bonds is 6. The van der Waals surface area contributed by atoms with E-state index in [1.54, 1.807) is 0 Å². The molecule has 0 aliphatic carbocycles. The van der Waals surface area contributed by atoms with Crippen molar-refractivity contribution in [3.05, 3.63) is 27.6 Å². The number of aromatic amines is 1. The van der Waals surface area contributed by atoms with Gasteiger partial charge in [-0.25, -0.2) is 4.98 Å². The van der Waals surface area contributed by atoms with E-state index in [1.165, 1.54) is 11.3 Å². The Bertz CT molecular complexity index is 562. The number of nitrogens with zero attached hydrogens (tertiary/aromatic N) is 1. The SMILES string of the molecule is CC(C)NCCOCc1nc2ccsc2c(=O)[nH]1. The fourth-order valence-electron chi connectivity index (χ4n) is 1.58. The molecule has 0 unspecified atom stereocenters. The maximum Gasteiger partial charge on any atom is 0.268 e. The Morgan fingerprint density at radius 1 is 1.56 bits per heavy atom. The average molecular weight is 267 g/mol. The molecule has 98 valence electrons. The van der Waals surface area contributed by atoms with Crippen LogP contribution in [0.1, 0.15) is 19.7 Å². The second-order valence-corrected chi connectivity index (χ2v) is 5.23. The first-order valence-electron chi connectivity index (χ1n) is 5.94. The average Bonchev–Trinajstić information content (AvgIpc) is 2.77. The van der Waals surface area contributed by atoms with Crippen LogP contribution in [0, 0.1) is 0 Å². The molecule has 18 heavy (non-hydrogen) atoms. The summed E-state index contributed by atoms with van der Waals surface area (Å²) in [4.78, 5) is 18.8. The van der Waals surface area contributed by atoms with E-state index in [0.717, 1.165) is 12.1 Å². The van der Waals surface area contributed by atoms with Gasteiger partial charge < -0.3 is 15.0 Å². The normalized spacial score (nSPS) is 11.5. The molecule has 2 aromatic rings. The molecule has 0 radical (unpaired) electrons. The Hall–Kier alpha value is -1.24. The first-order chi connectivity index (χ1) is 8.66. The Kier molecular flexibility index (Phi) is 4.46. The second kappa shape index (κ2) is 6.08. The molecule has 2 heterocycles. The van der Waals surface area contributed by atoms with Crippen molar-refractivity contribution in [2.24, 2.45) is 0 Å². The van der Waals surface area contributed by atoms with Crippen molar-refractivity contribution >= 4 is 21.6 Å². The number of nitrogens with one attached hydrogen (secondary N) is 2. The van der Waals surface area contributed by atoms with E-state index in [-0.39, 0.29) is 5.56 Å². The zero-order valence-electron chi connectivity index (χ0n) is 10.5. The van der Waals surface area contributed by atoms with Gasteiger partial charge in [-0.15, -0.1) is 11.3 Å². The molecule has 2 N–H and O–H groups in total. The minimum atomic E-state index is -0.0890. The van der Waals surface area contributed by atoms with Crippen molar-refractivity contribution in [1.82, 2.24) is 15.3 Å². The third-order valence-corrected chi connectivity index (χ3v) is 3.30. The highest BCUT2D eigenvalue weighted by molar-refractivity contribution is 7.17. The van der Waals surface area contributed by atoms with Crippen molar-refractivity contribution < 1.29 is 4.74 Å². The van der Waals surface area contributed by atoms with Crippen molar-refractivity contribution in [3.8, 4) is 0 Å². The van der Waals surface area contributed by atoms with Crippen LogP contribution in [0.2, 0.25) is 0 Å². The summed E-state index contributed by atoms with van der Waals surface area (Å²) in [6.45, 7) is 5.90. The lowest BCUT2D eigenvalue weighted by Gasteiger charge is -2.08. The highest BCUT2D eigenvalue weighted by Crippen LogP contribution is 2.13. The van der Waals surface area contributed by atoms with Gasteiger partial charge in [-0.1, -0.05) is 13.8 Å². The third-order valence-electron chi connectivity index (χ3n) is 2.40.